The van der Waals surface area contributed by atoms with E-state index in [0.717, 1.165) is 25.9 Å². The summed E-state index contributed by atoms with van der Waals surface area (Å²) in [5, 5.41) is 10.4. The van der Waals surface area contributed by atoms with Crippen molar-refractivity contribution in [3.8, 4) is 11.5 Å². The fourth-order valence-electron chi connectivity index (χ4n) is 2.66. The molecule has 114 valence electrons. The molecule has 1 N–H and O–H groups in total. The van der Waals surface area contributed by atoms with E-state index in [1.54, 1.807) is 23.1 Å². The van der Waals surface area contributed by atoms with Gasteiger partial charge in [-0.1, -0.05) is 22.0 Å². The Hall–Kier alpha value is -1.27. The molecule has 1 amide bonds. The Balaban J connectivity index is 1.74. The average Bonchev–Trinajstić information content (AvgIpc) is 3.06. The second-order valence-electron chi connectivity index (χ2n) is 5.28. The summed E-state index contributed by atoms with van der Waals surface area (Å²) >= 11 is 3.34. The molecule has 2 heterocycles. The Kier molecular flexibility index (Phi) is 4.35. The number of alkyl halides is 1. The molecule has 0 aliphatic carbocycles. The van der Waals surface area contributed by atoms with Crippen LogP contribution in [0.2, 0.25) is 0 Å². The first kappa shape index (κ1) is 14.7. The molecular weight excluding hydrogens is 338 g/mol. The van der Waals surface area contributed by atoms with Gasteiger partial charge in [0.1, 0.15) is 24.1 Å². The van der Waals surface area contributed by atoms with Crippen molar-refractivity contribution in [3.63, 3.8) is 0 Å². The van der Waals surface area contributed by atoms with E-state index in [1.165, 1.54) is 0 Å². The first-order valence-electron chi connectivity index (χ1n) is 7.17. The highest BCUT2D eigenvalue weighted by Crippen LogP contribution is 2.35. The summed E-state index contributed by atoms with van der Waals surface area (Å²) < 4.78 is 11.0. The van der Waals surface area contributed by atoms with E-state index in [1.807, 2.05) is 0 Å². The fourth-order valence-corrected chi connectivity index (χ4v) is 3.25. The van der Waals surface area contributed by atoms with Crippen molar-refractivity contribution in [2.45, 2.75) is 23.8 Å². The molecule has 2 aliphatic heterocycles. The molecule has 0 spiro atoms. The maximum Gasteiger partial charge on any atom is 0.239 e. The number of aliphatic hydroxyl groups excluding tert-OH is 1. The summed E-state index contributed by atoms with van der Waals surface area (Å²) in [7, 11) is 0. The first-order chi connectivity index (χ1) is 10.2. The molecule has 2 aliphatic rings. The number of aliphatic hydroxyl groups is 1. The van der Waals surface area contributed by atoms with Crippen LogP contribution in [0, 0.1) is 0 Å². The summed E-state index contributed by atoms with van der Waals surface area (Å²) in [6.07, 6.45) is 1.16. The lowest BCUT2D eigenvalue weighted by Crippen LogP contribution is -2.37. The fraction of sp³-hybridized carbons (Fsp3) is 0.533. The molecule has 2 unspecified atom stereocenters. The number of halogens is 1. The van der Waals surface area contributed by atoms with E-state index < -0.39 is 10.9 Å². The van der Waals surface area contributed by atoms with E-state index in [-0.39, 0.29) is 5.91 Å². The molecule has 1 saturated heterocycles. The van der Waals surface area contributed by atoms with Gasteiger partial charge in [0, 0.05) is 13.1 Å². The van der Waals surface area contributed by atoms with Gasteiger partial charge in [0.05, 0.1) is 0 Å². The normalized spacial score (nSPS) is 20.2. The van der Waals surface area contributed by atoms with Crippen LogP contribution in [0.25, 0.3) is 0 Å². The lowest BCUT2D eigenvalue weighted by molar-refractivity contribution is -0.131. The molecule has 3 rings (SSSR count). The van der Waals surface area contributed by atoms with Crippen LogP contribution in [-0.2, 0) is 4.79 Å². The second kappa shape index (κ2) is 6.23. The molecule has 1 aromatic rings. The smallest absolute Gasteiger partial charge is 0.239 e. The third kappa shape index (κ3) is 3.01. The van der Waals surface area contributed by atoms with Gasteiger partial charge in [-0.05, 0) is 30.5 Å². The van der Waals surface area contributed by atoms with E-state index >= 15 is 0 Å². The predicted molar refractivity (Wildman–Crippen MR) is 80.9 cm³/mol. The third-order valence-corrected chi connectivity index (χ3v) is 4.73. The van der Waals surface area contributed by atoms with E-state index in [9.17, 15) is 9.90 Å². The van der Waals surface area contributed by atoms with Crippen molar-refractivity contribution in [3.05, 3.63) is 23.8 Å². The first-order valence-corrected chi connectivity index (χ1v) is 8.09. The highest BCUT2D eigenvalue weighted by molar-refractivity contribution is 9.10. The van der Waals surface area contributed by atoms with Crippen LogP contribution < -0.4 is 9.47 Å². The Labute approximate surface area is 132 Å². The van der Waals surface area contributed by atoms with Gasteiger partial charge in [-0.2, -0.15) is 0 Å². The van der Waals surface area contributed by atoms with Gasteiger partial charge in [0.2, 0.25) is 5.91 Å². The standard InChI is InChI=1S/C15H18BrNO4/c16-13(15(19)17-5-1-2-6-17)14(18)10-3-4-11-12(9-10)21-8-7-20-11/h3-4,9,13-14,18H,1-2,5-8H2. The topological polar surface area (TPSA) is 59.0 Å². The minimum Gasteiger partial charge on any atom is -0.486 e. The molecule has 1 fully saturated rings. The number of amides is 1. The van der Waals surface area contributed by atoms with Gasteiger partial charge < -0.3 is 19.5 Å². The van der Waals surface area contributed by atoms with Crippen molar-refractivity contribution in [1.29, 1.82) is 0 Å². The van der Waals surface area contributed by atoms with Gasteiger partial charge >= 0.3 is 0 Å². The van der Waals surface area contributed by atoms with Gasteiger partial charge in [-0.25, -0.2) is 0 Å². The van der Waals surface area contributed by atoms with Crippen molar-refractivity contribution in [2.24, 2.45) is 0 Å². The quantitative estimate of drug-likeness (QED) is 0.841. The summed E-state index contributed by atoms with van der Waals surface area (Å²) in [4.78, 5) is 13.5. The number of benzene rings is 1. The number of fused-ring (bicyclic) bond motifs is 1. The average molecular weight is 356 g/mol. The Morgan fingerprint density at radius 1 is 1.19 bits per heavy atom. The van der Waals surface area contributed by atoms with Crippen molar-refractivity contribution in [1.82, 2.24) is 4.90 Å². The number of carbonyl (C=O) groups excluding carboxylic acids is 1. The lowest BCUT2D eigenvalue weighted by atomic mass is 10.0. The molecule has 0 bridgehead atoms. The highest BCUT2D eigenvalue weighted by Gasteiger charge is 2.31. The molecule has 0 radical (unpaired) electrons. The van der Waals surface area contributed by atoms with Gasteiger partial charge in [0.15, 0.2) is 11.5 Å². The zero-order valence-electron chi connectivity index (χ0n) is 11.6. The molecule has 1 aromatic carbocycles. The summed E-state index contributed by atoms with van der Waals surface area (Å²) in [5.41, 5.74) is 0.647. The number of hydrogen-bond acceptors (Lipinski definition) is 4. The van der Waals surface area contributed by atoms with Crippen LogP contribution >= 0.6 is 15.9 Å². The minimum absolute atomic E-state index is 0.0603. The molecule has 0 saturated carbocycles. The maximum atomic E-state index is 12.3. The van der Waals surface area contributed by atoms with Gasteiger partial charge in [0.25, 0.3) is 0 Å². The van der Waals surface area contributed by atoms with Crippen LogP contribution in [0.15, 0.2) is 18.2 Å². The monoisotopic (exact) mass is 355 g/mol. The Morgan fingerprint density at radius 3 is 2.57 bits per heavy atom. The zero-order chi connectivity index (χ0) is 14.8. The van der Waals surface area contributed by atoms with E-state index in [2.05, 4.69) is 15.9 Å². The molecule has 5 nitrogen and oxygen atoms in total. The van der Waals surface area contributed by atoms with Crippen LogP contribution in [0.5, 0.6) is 11.5 Å². The van der Waals surface area contributed by atoms with E-state index in [0.29, 0.717) is 30.3 Å². The Bertz CT molecular complexity index is 530. The van der Waals surface area contributed by atoms with Crippen LogP contribution in [0.1, 0.15) is 24.5 Å². The van der Waals surface area contributed by atoms with Crippen molar-refractivity contribution >= 4 is 21.8 Å². The SMILES string of the molecule is O=C(C(Br)C(O)c1ccc2c(c1)OCCO2)N1CCCC1. The second-order valence-corrected chi connectivity index (χ2v) is 6.27. The van der Waals surface area contributed by atoms with Crippen LogP contribution in [0.3, 0.4) is 0 Å². The molecule has 6 heteroatoms. The molecular formula is C15H18BrNO4. The highest BCUT2D eigenvalue weighted by atomic mass is 79.9. The summed E-state index contributed by atoms with van der Waals surface area (Å²) in [5.74, 6) is 1.23. The zero-order valence-corrected chi connectivity index (χ0v) is 13.2. The molecule has 2 atom stereocenters. The number of rotatable bonds is 3. The van der Waals surface area contributed by atoms with Gasteiger partial charge in [-0.3, -0.25) is 4.79 Å². The third-order valence-electron chi connectivity index (χ3n) is 3.84. The number of nitrogens with zero attached hydrogens (tertiary/aromatic N) is 1. The van der Waals surface area contributed by atoms with Gasteiger partial charge in [-0.15, -0.1) is 0 Å². The van der Waals surface area contributed by atoms with Crippen LogP contribution in [-0.4, -0.2) is 47.0 Å². The summed E-state index contributed by atoms with van der Waals surface area (Å²) in [6, 6.07) is 5.28. The largest absolute Gasteiger partial charge is 0.486 e. The number of ether oxygens (including phenoxy) is 2. The van der Waals surface area contributed by atoms with E-state index in [4.69, 9.17) is 9.47 Å². The number of hydrogen-bond donors (Lipinski definition) is 1. The van der Waals surface area contributed by atoms with Crippen LogP contribution in [0.4, 0.5) is 0 Å². The minimum atomic E-state index is -0.908. The molecule has 21 heavy (non-hydrogen) atoms. The number of likely N-dealkylation sites (tertiary alicyclic amines) is 1. The number of carbonyl (C=O) groups is 1. The predicted octanol–water partition coefficient (Wildman–Crippen LogP) is 1.88. The van der Waals surface area contributed by atoms with Crippen molar-refractivity contribution < 1.29 is 19.4 Å². The Morgan fingerprint density at radius 2 is 1.86 bits per heavy atom. The maximum absolute atomic E-state index is 12.3. The van der Waals surface area contributed by atoms with Crippen molar-refractivity contribution in [2.75, 3.05) is 26.3 Å². The molecule has 0 aromatic heterocycles. The lowest BCUT2D eigenvalue weighted by Gasteiger charge is -2.24. The summed E-state index contributed by atoms with van der Waals surface area (Å²) in [6.45, 7) is 2.57.